The molecule has 0 radical (unpaired) electrons. The molecule has 0 spiro atoms. The predicted octanol–water partition coefficient (Wildman–Crippen LogP) is 3.44. The van der Waals surface area contributed by atoms with Crippen LogP contribution in [0.2, 0.25) is 0 Å². The van der Waals surface area contributed by atoms with Crippen molar-refractivity contribution >= 4 is 0 Å². The second-order valence-corrected chi connectivity index (χ2v) is 4.19. The van der Waals surface area contributed by atoms with E-state index in [2.05, 4.69) is 29.8 Å². The molecule has 2 nitrogen and oxygen atoms in total. The van der Waals surface area contributed by atoms with E-state index in [9.17, 15) is 0 Å². The molecular weight excluding hydrogens is 184 g/mol. The van der Waals surface area contributed by atoms with Crippen LogP contribution in [-0.4, -0.2) is 9.78 Å². The van der Waals surface area contributed by atoms with Gasteiger partial charge in [0.15, 0.2) is 0 Å². The molecule has 0 bridgehead atoms. The van der Waals surface area contributed by atoms with Gasteiger partial charge in [0.2, 0.25) is 0 Å². The van der Waals surface area contributed by atoms with E-state index in [0.717, 1.165) is 12.5 Å². The van der Waals surface area contributed by atoms with Crippen LogP contribution < -0.4 is 0 Å². The lowest BCUT2D eigenvalue weighted by molar-refractivity contribution is 0.472. The first-order chi connectivity index (χ1) is 7.31. The molecule has 2 heteroatoms. The summed E-state index contributed by atoms with van der Waals surface area (Å²) >= 11 is 0. The van der Waals surface area contributed by atoms with E-state index in [1.165, 1.54) is 36.9 Å². The van der Waals surface area contributed by atoms with Gasteiger partial charge in [-0.2, -0.15) is 5.10 Å². The third-order valence-corrected chi connectivity index (χ3v) is 2.91. The van der Waals surface area contributed by atoms with Gasteiger partial charge in [-0.1, -0.05) is 27.7 Å². The van der Waals surface area contributed by atoms with E-state index in [1.807, 2.05) is 13.8 Å². The summed E-state index contributed by atoms with van der Waals surface area (Å²) < 4.78 is 2.20. The molecule has 0 fully saturated rings. The molecule has 0 amide bonds. The predicted molar refractivity (Wildman–Crippen MR) is 65.1 cm³/mol. The highest BCUT2D eigenvalue weighted by Gasteiger charge is 2.18. The number of fused-ring (bicyclic) bond motifs is 1. The van der Waals surface area contributed by atoms with Crippen LogP contribution in [0.1, 0.15) is 51.8 Å². The first-order valence-corrected chi connectivity index (χ1v) is 6.34. The van der Waals surface area contributed by atoms with Crippen LogP contribution in [0.5, 0.6) is 0 Å². The van der Waals surface area contributed by atoms with Crippen molar-refractivity contribution in [1.29, 1.82) is 0 Å². The Bertz CT molecular complexity index is 275. The topological polar surface area (TPSA) is 17.8 Å². The monoisotopic (exact) mass is 208 g/mol. The lowest BCUT2D eigenvalue weighted by Crippen LogP contribution is -2.14. The molecule has 1 unspecified atom stereocenters. The third kappa shape index (κ3) is 2.83. The normalized spacial score (nSPS) is 19.1. The summed E-state index contributed by atoms with van der Waals surface area (Å²) in [5, 5.41) is 4.44. The van der Waals surface area contributed by atoms with E-state index in [-0.39, 0.29) is 0 Å². The zero-order valence-electron chi connectivity index (χ0n) is 10.6. The van der Waals surface area contributed by atoms with Gasteiger partial charge >= 0.3 is 0 Å². The summed E-state index contributed by atoms with van der Waals surface area (Å²) in [7, 11) is 0. The maximum atomic E-state index is 4.44. The first-order valence-electron chi connectivity index (χ1n) is 6.34. The van der Waals surface area contributed by atoms with E-state index >= 15 is 0 Å². The van der Waals surface area contributed by atoms with Crippen LogP contribution in [0, 0.1) is 5.92 Å². The maximum Gasteiger partial charge on any atom is 0.0524 e. The van der Waals surface area contributed by atoms with Gasteiger partial charge in [-0.15, -0.1) is 0 Å². The largest absolute Gasteiger partial charge is 0.269 e. The van der Waals surface area contributed by atoms with Gasteiger partial charge in [0, 0.05) is 12.2 Å². The Morgan fingerprint density at radius 2 is 2.20 bits per heavy atom. The van der Waals surface area contributed by atoms with Gasteiger partial charge in [0.1, 0.15) is 0 Å². The van der Waals surface area contributed by atoms with Crippen LogP contribution in [0.4, 0.5) is 0 Å². The maximum absolute atomic E-state index is 4.44. The van der Waals surface area contributed by atoms with E-state index < -0.39 is 0 Å². The molecule has 2 rings (SSSR count). The molecule has 1 aromatic heterocycles. The number of aromatic nitrogens is 2. The Labute approximate surface area is 93.7 Å². The highest BCUT2D eigenvalue weighted by Crippen LogP contribution is 2.24. The van der Waals surface area contributed by atoms with E-state index in [0.29, 0.717) is 0 Å². The number of nitrogens with zero attached hydrogens (tertiary/aromatic N) is 2. The minimum Gasteiger partial charge on any atom is -0.269 e. The second-order valence-electron chi connectivity index (χ2n) is 4.19. The Kier molecular flexibility index (Phi) is 4.86. The standard InChI is InChI=1S/C11H18N2.C2H6/c1-3-6-13-11-5-4-9(2)7-10(11)8-12-13;1-2/h8-9H,3-7H2,1-2H3;1-2H3. The zero-order valence-corrected chi connectivity index (χ0v) is 10.6. The van der Waals surface area contributed by atoms with Crippen molar-refractivity contribution in [2.24, 2.45) is 5.92 Å². The first kappa shape index (κ1) is 12.3. The van der Waals surface area contributed by atoms with E-state index in [1.54, 1.807) is 0 Å². The Morgan fingerprint density at radius 3 is 2.87 bits per heavy atom. The third-order valence-electron chi connectivity index (χ3n) is 2.91. The van der Waals surface area contributed by atoms with Gasteiger partial charge in [-0.25, -0.2) is 0 Å². The van der Waals surface area contributed by atoms with Crippen molar-refractivity contribution < 1.29 is 0 Å². The van der Waals surface area contributed by atoms with Crippen LogP contribution in [-0.2, 0) is 19.4 Å². The van der Waals surface area contributed by atoms with Crippen LogP contribution in [0.25, 0.3) is 0 Å². The zero-order chi connectivity index (χ0) is 11.3. The fourth-order valence-electron chi connectivity index (χ4n) is 2.17. The van der Waals surface area contributed by atoms with Crippen LogP contribution >= 0.6 is 0 Å². The molecule has 0 saturated carbocycles. The number of hydrogen-bond acceptors (Lipinski definition) is 1. The number of rotatable bonds is 2. The summed E-state index contributed by atoms with van der Waals surface area (Å²) in [5.74, 6) is 0.853. The van der Waals surface area contributed by atoms with Crippen molar-refractivity contribution in [2.75, 3.05) is 0 Å². The average molecular weight is 208 g/mol. The fraction of sp³-hybridized carbons (Fsp3) is 0.769. The Balaban J connectivity index is 0.000000531. The molecule has 1 atom stereocenters. The van der Waals surface area contributed by atoms with Gasteiger partial charge in [-0.05, 0) is 37.2 Å². The molecule has 1 aliphatic carbocycles. The number of hydrogen-bond donors (Lipinski definition) is 0. The van der Waals surface area contributed by atoms with Crippen LogP contribution in [0.15, 0.2) is 6.20 Å². The Morgan fingerprint density at radius 1 is 1.47 bits per heavy atom. The molecule has 1 aromatic rings. The summed E-state index contributed by atoms with van der Waals surface area (Å²) in [6, 6.07) is 0. The minimum atomic E-state index is 0.853. The van der Waals surface area contributed by atoms with Gasteiger partial charge < -0.3 is 0 Å². The highest BCUT2D eigenvalue weighted by molar-refractivity contribution is 5.21. The molecule has 86 valence electrons. The second kappa shape index (κ2) is 5.94. The number of aryl methyl sites for hydroxylation is 1. The molecule has 0 saturated heterocycles. The van der Waals surface area contributed by atoms with Crippen molar-refractivity contribution in [3.63, 3.8) is 0 Å². The SMILES string of the molecule is CC.CCCn1ncc2c1CCC(C)C2. The smallest absolute Gasteiger partial charge is 0.0524 e. The Hall–Kier alpha value is -0.790. The highest BCUT2D eigenvalue weighted by atomic mass is 15.3. The molecular formula is C13H24N2. The van der Waals surface area contributed by atoms with Crippen molar-refractivity contribution in [3.05, 3.63) is 17.5 Å². The van der Waals surface area contributed by atoms with Gasteiger partial charge in [0.05, 0.1) is 6.20 Å². The molecule has 0 N–H and O–H groups in total. The fourth-order valence-corrected chi connectivity index (χ4v) is 2.17. The average Bonchev–Trinajstić information content (AvgIpc) is 2.64. The summed E-state index contributed by atoms with van der Waals surface area (Å²) in [4.78, 5) is 0. The summed E-state index contributed by atoms with van der Waals surface area (Å²) in [6.07, 6.45) is 7.06. The lowest BCUT2D eigenvalue weighted by atomic mass is 9.89. The minimum absolute atomic E-state index is 0.853. The van der Waals surface area contributed by atoms with E-state index in [4.69, 9.17) is 0 Å². The molecule has 1 aliphatic rings. The molecule has 1 heterocycles. The quantitative estimate of drug-likeness (QED) is 0.728. The van der Waals surface area contributed by atoms with Crippen molar-refractivity contribution in [1.82, 2.24) is 9.78 Å². The van der Waals surface area contributed by atoms with Crippen molar-refractivity contribution in [2.45, 2.75) is 59.9 Å². The van der Waals surface area contributed by atoms with Crippen LogP contribution in [0.3, 0.4) is 0 Å². The van der Waals surface area contributed by atoms with Crippen molar-refractivity contribution in [3.8, 4) is 0 Å². The molecule has 15 heavy (non-hydrogen) atoms. The molecule has 0 aliphatic heterocycles. The summed E-state index contributed by atoms with van der Waals surface area (Å²) in [6.45, 7) is 9.63. The molecule has 0 aromatic carbocycles. The van der Waals surface area contributed by atoms with Gasteiger partial charge in [-0.3, -0.25) is 4.68 Å². The van der Waals surface area contributed by atoms with Gasteiger partial charge in [0.25, 0.3) is 0 Å². The lowest BCUT2D eigenvalue weighted by Gasteiger charge is -2.19. The summed E-state index contributed by atoms with van der Waals surface area (Å²) in [5.41, 5.74) is 2.99.